The Kier molecular flexibility index (Phi) is 3.96. The Balaban J connectivity index is 1.76. The van der Waals surface area contributed by atoms with E-state index < -0.39 is 8.07 Å². The lowest BCUT2D eigenvalue weighted by molar-refractivity contribution is 1.71. The van der Waals surface area contributed by atoms with Crippen molar-refractivity contribution >= 4 is 50.4 Å². The SMILES string of the molecule is c1ccc2c(c1)-c1ccccc1[Si]2(c1cccc2ccccc12)c1cccc2ccccc12. The molecule has 7 rings (SSSR count). The normalized spacial score (nSPS) is 13.7. The molecule has 6 aromatic rings. The van der Waals surface area contributed by atoms with E-state index in [9.17, 15) is 0 Å². The summed E-state index contributed by atoms with van der Waals surface area (Å²) in [5.41, 5.74) is 2.78. The quantitative estimate of drug-likeness (QED) is 0.322. The van der Waals surface area contributed by atoms with Crippen LogP contribution in [0.15, 0.2) is 133 Å². The van der Waals surface area contributed by atoms with Gasteiger partial charge in [0, 0.05) is 0 Å². The molecular formula is C32H22Si. The molecule has 0 aromatic heterocycles. The van der Waals surface area contributed by atoms with Gasteiger partial charge in [-0.1, -0.05) is 133 Å². The van der Waals surface area contributed by atoms with Gasteiger partial charge in [-0.2, -0.15) is 0 Å². The summed E-state index contributed by atoms with van der Waals surface area (Å²) in [5.74, 6) is 0. The standard InChI is InChI=1S/C32H22Si/c1-3-15-25-23(11-1)13-9-21-29(25)33(30-22-10-14-24-12-2-4-16-26(24)30)31-19-7-5-17-27(31)28-18-6-8-20-32(28)33/h1-22H. The Morgan fingerprint density at radius 2 is 0.667 bits per heavy atom. The fourth-order valence-electron chi connectivity index (χ4n) is 6.07. The Hall–Kier alpha value is -3.94. The number of rotatable bonds is 2. The Morgan fingerprint density at radius 1 is 0.303 bits per heavy atom. The van der Waals surface area contributed by atoms with Crippen LogP contribution in [-0.2, 0) is 0 Å². The third-order valence-corrected chi connectivity index (χ3v) is 12.3. The van der Waals surface area contributed by atoms with Gasteiger partial charge in [0.1, 0.15) is 0 Å². The first kappa shape index (κ1) is 18.6. The number of hydrogen-bond donors (Lipinski definition) is 0. The fraction of sp³-hybridized carbons (Fsp3) is 0. The van der Waals surface area contributed by atoms with E-state index in [1.807, 2.05) is 0 Å². The van der Waals surface area contributed by atoms with Crippen molar-refractivity contribution in [1.29, 1.82) is 0 Å². The molecule has 0 aliphatic carbocycles. The minimum atomic E-state index is -2.55. The van der Waals surface area contributed by atoms with E-state index in [0.717, 1.165) is 0 Å². The van der Waals surface area contributed by atoms with Crippen LogP contribution in [0.25, 0.3) is 32.7 Å². The summed E-state index contributed by atoms with van der Waals surface area (Å²) in [5, 5.41) is 11.3. The highest BCUT2D eigenvalue weighted by Crippen LogP contribution is 2.31. The first-order chi connectivity index (χ1) is 16.4. The molecular weight excluding hydrogens is 412 g/mol. The van der Waals surface area contributed by atoms with Crippen molar-refractivity contribution in [3.05, 3.63) is 133 Å². The van der Waals surface area contributed by atoms with Gasteiger partial charge in [-0.15, -0.1) is 0 Å². The highest BCUT2D eigenvalue weighted by atomic mass is 28.3. The molecule has 0 saturated carbocycles. The summed E-state index contributed by atoms with van der Waals surface area (Å²) in [6.07, 6.45) is 0. The van der Waals surface area contributed by atoms with Crippen LogP contribution in [0, 0.1) is 0 Å². The highest BCUT2D eigenvalue weighted by molar-refractivity contribution is 7.23. The maximum absolute atomic E-state index is 2.55. The van der Waals surface area contributed by atoms with Crippen molar-refractivity contribution in [1.82, 2.24) is 0 Å². The maximum atomic E-state index is 2.40. The van der Waals surface area contributed by atoms with E-state index in [2.05, 4.69) is 133 Å². The molecule has 0 N–H and O–H groups in total. The molecule has 0 radical (unpaired) electrons. The number of hydrogen-bond acceptors (Lipinski definition) is 0. The predicted molar refractivity (Wildman–Crippen MR) is 144 cm³/mol. The monoisotopic (exact) mass is 434 g/mol. The van der Waals surface area contributed by atoms with Gasteiger partial charge in [0.2, 0.25) is 0 Å². The summed E-state index contributed by atoms with van der Waals surface area (Å²) in [6.45, 7) is 0. The van der Waals surface area contributed by atoms with Crippen LogP contribution in [0.2, 0.25) is 0 Å². The second-order valence-corrected chi connectivity index (χ2v) is 12.5. The summed E-state index contributed by atoms with van der Waals surface area (Å²) < 4.78 is 0. The van der Waals surface area contributed by atoms with Crippen LogP contribution in [0.3, 0.4) is 0 Å². The van der Waals surface area contributed by atoms with Gasteiger partial charge in [0.15, 0.2) is 8.07 Å². The van der Waals surface area contributed by atoms with Crippen molar-refractivity contribution in [2.24, 2.45) is 0 Å². The minimum absolute atomic E-state index is 1.31. The second kappa shape index (κ2) is 7.03. The fourth-order valence-corrected chi connectivity index (χ4v) is 11.7. The lowest BCUT2D eigenvalue weighted by Gasteiger charge is -2.33. The average molecular weight is 435 g/mol. The number of benzene rings is 6. The van der Waals surface area contributed by atoms with Gasteiger partial charge in [-0.3, -0.25) is 0 Å². The van der Waals surface area contributed by atoms with E-state index in [-0.39, 0.29) is 0 Å². The summed E-state index contributed by atoms with van der Waals surface area (Å²) in [7, 11) is -2.55. The zero-order valence-corrected chi connectivity index (χ0v) is 19.2. The molecule has 1 heteroatoms. The van der Waals surface area contributed by atoms with Gasteiger partial charge in [-0.25, -0.2) is 0 Å². The van der Waals surface area contributed by atoms with Crippen LogP contribution in [0.5, 0.6) is 0 Å². The lowest BCUT2D eigenvalue weighted by Crippen LogP contribution is -2.73. The van der Waals surface area contributed by atoms with Crippen LogP contribution in [-0.4, -0.2) is 8.07 Å². The molecule has 0 bridgehead atoms. The number of fused-ring (bicyclic) bond motifs is 5. The van der Waals surface area contributed by atoms with Crippen LogP contribution in [0.4, 0.5) is 0 Å². The zero-order valence-electron chi connectivity index (χ0n) is 18.2. The van der Waals surface area contributed by atoms with Crippen molar-refractivity contribution in [2.75, 3.05) is 0 Å². The smallest absolute Gasteiger partial charge is 0.0623 e. The second-order valence-electron chi connectivity index (χ2n) is 8.89. The minimum Gasteiger partial charge on any atom is -0.0623 e. The maximum Gasteiger partial charge on any atom is 0.182 e. The molecule has 0 amide bonds. The molecule has 1 aliphatic heterocycles. The first-order valence-corrected chi connectivity index (χ1v) is 13.5. The van der Waals surface area contributed by atoms with Crippen molar-refractivity contribution in [3.63, 3.8) is 0 Å². The van der Waals surface area contributed by atoms with Gasteiger partial charge >= 0.3 is 0 Å². The lowest BCUT2D eigenvalue weighted by atomic mass is 10.1. The van der Waals surface area contributed by atoms with Crippen LogP contribution >= 0.6 is 0 Å². The van der Waals surface area contributed by atoms with Gasteiger partial charge < -0.3 is 0 Å². The van der Waals surface area contributed by atoms with E-state index in [0.29, 0.717) is 0 Å². The molecule has 0 spiro atoms. The summed E-state index contributed by atoms with van der Waals surface area (Å²) in [4.78, 5) is 0. The molecule has 0 saturated heterocycles. The van der Waals surface area contributed by atoms with E-state index in [1.165, 1.54) is 53.4 Å². The Bertz CT molecular complexity index is 1540. The summed E-state index contributed by atoms with van der Waals surface area (Å²) in [6, 6.07) is 49.8. The Morgan fingerprint density at radius 3 is 1.18 bits per heavy atom. The molecule has 0 unspecified atom stereocenters. The first-order valence-electron chi connectivity index (χ1n) is 11.5. The van der Waals surface area contributed by atoms with Crippen LogP contribution < -0.4 is 20.7 Å². The van der Waals surface area contributed by atoms with Gasteiger partial charge in [0.25, 0.3) is 0 Å². The van der Waals surface area contributed by atoms with E-state index >= 15 is 0 Å². The van der Waals surface area contributed by atoms with E-state index in [1.54, 1.807) is 0 Å². The van der Waals surface area contributed by atoms with E-state index in [4.69, 9.17) is 0 Å². The Labute approximate surface area is 194 Å². The van der Waals surface area contributed by atoms with Gasteiger partial charge in [0.05, 0.1) is 0 Å². The molecule has 1 heterocycles. The molecule has 0 fully saturated rings. The predicted octanol–water partition coefficient (Wildman–Crippen LogP) is 5.35. The molecule has 6 aromatic carbocycles. The molecule has 0 nitrogen and oxygen atoms in total. The van der Waals surface area contributed by atoms with Gasteiger partial charge in [-0.05, 0) is 53.4 Å². The molecule has 154 valence electrons. The average Bonchev–Trinajstić information content (AvgIpc) is 3.19. The van der Waals surface area contributed by atoms with Crippen molar-refractivity contribution < 1.29 is 0 Å². The highest BCUT2D eigenvalue weighted by Gasteiger charge is 2.49. The summed E-state index contributed by atoms with van der Waals surface area (Å²) >= 11 is 0. The molecule has 33 heavy (non-hydrogen) atoms. The van der Waals surface area contributed by atoms with Crippen LogP contribution in [0.1, 0.15) is 0 Å². The molecule has 1 aliphatic rings. The van der Waals surface area contributed by atoms with Crippen molar-refractivity contribution in [3.8, 4) is 11.1 Å². The largest absolute Gasteiger partial charge is 0.182 e. The topological polar surface area (TPSA) is 0 Å². The molecule has 0 atom stereocenters. The van der Waals surface area contributed by atoms with Crippen molar-refractivity contribution in [2.45, 2.75) is 0 Å². The zero-order chi connectivity index (χ0) is 21.8. The third kappa shape index (κ3) is 2.46. The third-order valence-electron chi connectivity index (χ3n) is 7.34.